The van der Waals surface area contributed by atoms with E-state index in [0.717, 1.165) is 38.8 Å². The number of rotatable bonds is 4. The fraction of sp³-hybridized carbons (Fsp3) is 0.526. The third-order valence-corrected chi connectivity index (χ3v) is 4.90. The van der Waals surface area contributed by atoms with E-state index >= 15 is 0 Å². The molecule has 0 N–H and O–H groups in total. The highest BCUT2D eigenvalue weighted by Gasteiger charge is 2.36. The molecule has 1 aromatic rings. The van der Waals surface area contributed by atoms with Crippen LogP contribution in [0.15, 0.2) is 18.2 Å². The van der Waals surface area contributed by atoms with Gasteiger partial charge < -0.3 is 4.90 Å². The highest BCUT2D eigenvalue weighted by Crippen LogP contribution is 2.26. The Labute approximate surface area is 142 Å². The predicted octanol–water partition coefficient (Wildman–Crippen LogP) is 2.95. The number of amides is 3. The number of fused-ring (bicyclic) bond motifs is 1. The van der Waals surface area contributed by atoms with E-state index in [2.05, 4.69) is 6.92 Å². The number of hydrogen-bond donors (Lipinski definition) is 0. The third kappa shape index (κ3) is 2.95. The molecule has 0 spiro atoms. The van der Waals surface area contributed by atoms with Gasteiger partial charge >= 0.3 is 0 Å². The molecular formula is C19H24N2O3. The quantitative estimate of drug-likeness (QED) is 0.799. The Morgan fingerprint density at radius 3 is 2.67 bits per heavy atom. The van der Waals surface area contributed by atoms with Crippen molar-refractivity contribution in [2.75, 3.05) is 19.6 Å². The molecule has 2 aliphatic heterocycles. The van der Waals surface area contributed by atoms with E-state index in [1.807, 2.05) is 11.8 Å². The summed E-state index contributed by atoms with van der Waals surface area (Å²) in [7, 11) is 0. The molecule has 1 atom stereocenters. The minimum absolute atomic E-state index is 0.0448. The number of carbonyl (C=O) groups excluding carboxylic acids is 3. The van der Waals surface area contributed by atoms with Gasteiger partial charge in [-0.1, -0.05) is 20.3 Å². The molecule has 128 valence electrons. The summed E-state index contributed by atoms with van der Waals surface area (Å²) in [5, 5.41) is 0. The molecule has 24 heavy (non-hydrogen) atoms. The lowest BCUT2D eigenvalue weighted by molar-refractivity contribution is 0.0651. The largest absolute Gasteiger partial charge is 0.338 e. The van der Waals surface area contributed by atoms with Crippen LogP contribution < -0.4 is 0 Å². The summed E-state index contributed by atoms with van der Waals surface area (Å²) in [5.41, 5.74) is 1.29. The summed E-state index contributed by atoms with van der Waals surface area (Å²) in [6, 6.07) is 4.90. The molecule has 0 saturated carbocycles. The minimum atomic E-state index is -0.273. The van der Waals surface area contributed by atoms with Crippen molar-refractivity contribution in [2.24, 2.45) is 5.92 Å². The van der Waals surface area contributed by atoms with Gasteiger partial charge in [-0.25, -0.2) is 0 Å². The van der Waals surface area contributed by atoms with Gasteiger partial charge in [0.05, 0.1) is 11.1 Å². The molecule has 0 bridgehead atoms. The zero-order valence-electron chi connectivity index (χ0n) is 14.4. The Morgan fingerprint density at radius 2 is 1.96 bits per heavy atom. The first-order valence-electron chi connectivity index (χ1n) is 8.82. The van der Waals surface area contributed by atoms with E-state index in [1.165, 1.54) is 4.90 Å². The van der Waals surface area contributed by atoms with Crippen molar-refractivity contribution in [1.29, 1.82) is 0 Å². The maximum atomic E-state index is 12.7. The second-order valence-electron chi connectivity index (χ2n) is 6.87. The highest BCUT2D eigenvalue weighted by atomic mass is 16.2. The Bertz CT molecular complexity index is 683. The monoisotopic (exact) mass is 328 g/mol. The number of piperidine rings is 1. The van der Waals surface area contributed by atoms with E-state index < -0.39 is 0 Å². The van der Waals surface area contributed by atoms with E-state index in [4.69, 9.17) is 0 Å². The number of nitrogens with zero attached hydrogens (tertiary/aromatic N) is 2. The Balaban J connectivity index is 1.83. The number of benzene rings is 1. The summed E-state index contributed by atoms with van der Waals surface area (Å²) in [4.78, 5) is 40.7. The van der Waals surface area contributed by atoms with Crippen molar-refractivity contribution >= 4 is 17.7 Å². The van der Waals surface area contributed by atoms with Gasteiger partial charge in [-0.3, -0.25) is 19.3 Å². The van der Waals surface area contributed by atoms with Crippen molar-refractivity contribution < 1.29 is 14.4 Å². The number of hydrogen-bond acceptors (Lipinski definition) is 3. The second kappa shape index (κ2) is 6.75. The zero-order chi connectivity index (χ0) is 17.3. The molecule has 1 unspecified atom stereocenters. The van der Waals surface area contributed by atoms with Crippen LogP contribution in [0.5, 0.6) is 0 Å². The molecule has 2 heterocycles. The lowest BCUT2D eigenvalue weighted by atomic mass is 9.98. The molecular weight excluding hydrogens is 304 g/mol. The van der Waals surface area contributed by atoms with Crippen LogP contribution in [0.3, 0.4) is 0 Å². The van der Waals surface area contributed by atoms with Crippen LogP contribution in [0.2, 0.25) is 0 Å². The van der Waals surface area contributed by atoms with Crippen molar-refractivity contribution in [3.63, 3.8) is 0 Å². The van der Waals surface area contributed by atoms with Crippen LogP contribution in [0.25, 0.3) is 0 Å². The maximum Gasteiger partial charge on any atom is 0.261 e. The molecule has 1 aromatic carbocycles. The van der Waals surface area contributed by atoms with Gasteiger partial charge in [-0.05, 0) is 43.4 Å². The number of imide groups is 1. The SMILES string of the molecule is CCCCN1C(=O)c2ccc(C(=O)N3CCCC(C)C3)cc2C1=O. The Hall–Kier alpha value is -2.17. The number of likely N-dealkylation sites (tertiary alicyclic amines) is 1. The Kier molecular flexibility index (Phi) is 4.69. The Morgan fingerprint density at radius 1 is 1.21 bits per heavy atom. The first-order valence-corrected chi connectivity index (χ1v) is 8.82. The molecule has 3 amide bonds. The maximum absolute atomic E-state index is 12.7. The van der Waals surface area contributed by atoms with E-state index in [1.54, 1.807) is 18.2 Å². The van der Waals surface area contributed by atoms with E-state index in [0.29, 0.717) is 29.2 Å². The van der Waals surface area contributed by atoms with Crippen LogP contribution in [-0.4, -0.2) is 47.2 Å². The molecule has 1 fully saturated rings. The molecule has 5 heteroatoms. The van der Waals surface area contributed by atoms with Crippen molar-refractivity contribution in [1.82, 2.24) is 9.80 Å². The summed E-state index contributed by atoms with van der Waals surface area (Å²) >= 11 is 0. The third-order valence-electron chi connectivity index (χ3n) is 4.90. The normalized spacial score (nSPS) is 20.5. The standard InChI is InChI=1S/C19H24N2O3/c1-3-4-10-21-18(23)15-8-7-14(11-16(15)19(21)24)17(22)20-9-5-6-13(2)12-20/h7-8,11,13H,3-6,9-10,12H2,1-2H3. The highest BCUT2D eigenvalue weighted by molar-refractivity contribution is 6.22. The molecule has 0 aliphatic carbocycles. The average molecular weight is 328 g/mol. The zero-order valence-corrected chi connectivity index (χ0v) is 14.4. The molecule has 0 aromatic heterocycles. The van der Waals surface area contributed by atoms with Crippen LogP contribution in [0.4, 0.5) is 0 Å². The predicted molar refractivity (Wildman–Crippen MR) is 91.0 cm³/mol. The van der Waals surface area contributed by atoms with Crippen LogP contribution in [0, 0.1) is 5.92 Å². The van der Waals surface area contributed by atoms with Gasteiger partial charge in [-0.15, -0.1) is 0 Å². The average Bonchev–Trinajstić information content (AvgIpc) is 2.83. The topological polar surface area (TPSA) is 57.7 Å². The fourth-order valence-corrected chi connectivity index (χ4v) is 3.50. The van der Waals surface area contributed by atoms with Gasteiger partial charge in [-0.2, -0.15) is 0 Å². The smallest absolute Gasteiger partial charge is 0.261 e. The minimum Gasteiger partial charge on any atom is -0.338 e. The number of carbonyl (C=O) groups is 3. The van der Waals surface area contributed by atoms with Crippen LogP contribution in [0.1, 0.15) is 70.6 Å². The van der Waals surface area contributed by atoms with Gasteiger partial charge in [0.25, 0.3) is 17.7 Å². The molecule has 0 radical (unpaired) electrons. The molecule has 1 saturated heterocycles. The number of unbranched alkanes of at least 4 members (excludes halogenated alkanes) is 1. The second-order valence-corrected chi connectivity index (χ2v) is 6.87. The summed E-state index contributed by atoms with van der Waals surface area (Å²) in [6.45, 7) is 6.13. The lowest BCUT2D eigenvalue weighted by Gasteiger charge is -2.31. The van der Waals surface area contributed by atoms with Crippen molar-refractivity contribution in [3.05, 3.63) is 34.9 Å². The van der Waals surface area contributed by atoms with Crippen molar-refractivity contribution in [2.45, 2.75) is 39.5 Å². The van der Waals surface area contributed by atoms with E-state index in [-0.39, 0.29) is 17.7 Å². The van der Waals surface area contributed by atoms with E-state index in [9.17, 15) is 14.4 Å². The van der Waals surface area contributed by atoms with Gasteiger partial charge in [0, 0.05) is 25.2 Å². The molecule has 5 nitrogen and oxygen atoms in total. The van der Waals surface area contributed by atoms with Crippen LogP contribution in [-0.2, 0) is 0 Å². The van der Waals surface area contributed by atoms with Gasteiger partial charge in [0.15, 0.2) is 0 Å². The molecule has 2 aliphatic rings. The summed E-state index contributed by atoms with van der Waals surface area (Å²) < 4.78 is 0. The molecule has 3 rings (SSSR count). The lowest BCUT2D eigenvalue weighted by Crippen LogP contribution is -2.39. The first kappa shape index (κ1) is 16.7. The van der Waals surface area contributed by atoms with Crippen molar-refractivity contribution in [3.8, 4) is 0 Å². The van der Waals surface area contributed by atoms with Crippen LogP contribution >= 0.6 is 0 Å². The fourth-order valence-electron chi connectivity index (χ4n) is 3.50. The van der Waals surface area contributed by atoms with Gasteiger partial charge in [0.1, 0.15) is 0 Å². The summed E-state index contributed by atoms with van der Waals surface area (Å²) in [6.07, 6.45) is 3.88. The first-order chi connectivity index (χ1) is 11.5. The summed E-state index contributed by atoms with van der Waals surface area (Å²) in [5.74, 6) is -0.0550. The van der Waals surface area contributed by atoms with Gasteiger partial charge in [0.2, 0.25) is 0 Å².